The van der Waals surface area contributed by atoms with Crippen LogP contribution in [0, 0.1) is 0 Å². The number of aromatic amines is 1. The number of carbonyl (C=O) groups excluding carboxylic acids is 9. The van der Waals surface area contributed by atoms with Crippen molar-refractivity contribution in [1.29, 1.82) is 0 Å². The van der Waals surface area contributed by atoms with Crippen LogP contribution in [0.4, 0.5) is 0 Å². The fraction of sp³-hybridized carbons (Fsp3) is 0.489. The molecule has 0 aliphatic carbocycles. The number of fused-ring (bicyclic) bond motifs is 1. The molecule has 380 valence electrons. The van der Waals surface area contributed by atoms with Crippen molar-refractivity contribution >= 4 is 70.0 Å². The number of para-hydroxylation sites is 1. The third-order valence-electron chi connectivity index (χ3n) is 11.5. The summed E-state index contributed by atoms with van der Waals surface area (Å²) < 4.78 is 0. The molecule has 7 atom stereocenters. The molecular weight excluding hydrogens is 905 g/mol. The van der Waals surface area contributed by atoms with E-state index in [-0.39, 0.29) is 70.4 Å². The number of nitrogens with one attached hydrogen (secondary N) is 9. The van der Waals surface area contributed by atoms with E-state index in [1.807, 2.05) is 24.3 Å². The van der Waals surface area contributed by atoms with Gasteiger partial charge in [-0.1, -0.05) is 48.5 Å². The second kappa shape index (κ2) is 28.1. The topological polar surface area (TPSA) is 382 Å². The van der Waals surface area contributed by atoms with Gasteiger partial charge >= 0.3 is 0 Å². The number of nitrogens with zero attached hydrogens (tertiary/aromatic N) is 1. The van der Waals surface area contributed by atoms with Crippen LogP contribution in [0.15, 0.2) is 65.8 Å². The van der Waals surface area contributed by atoms with Crippen LogP contribution in [0.25, 0.3) is 10.9 Å². The Labute approximate surface area is 406 Å². The molecule has 0 saturated carbocycles. The zero-order valence-corrected chi connectivity index (χ0v) is 39.6. The number of amides is 9. The summed E-state index contributed by atoms with van der Waals surface area (Å²) in [6.45, 7) is 3.02. The molecule has 3 aromatic rings. The number of primary amides is 1. The van der Waals surface area contributed by atoms with Crippen molar-refractivity contribution in [2.75, 3.05) is 19.6 Å². The maximum Gasteiger partial charge on any atom is 0.243 e. The standard InChI is InChI=1S/C47H68N14O9/c1-27-41(65)59-36(23-29-13-4-3-5-14-29)45(69)58-35(18-8-10-20-48)43(67)60-37(24-30-26-54-32-16-7-6-15-31(30)32)46(70)57-33(40(49)64)17-9-11-21-52-39(63)25-38(44(68)55-27)61-42(66)34(56-28(2)62)19-12-22-53-47(50)51/h3-7,13-16,26-27,33-38,54H,8-12,17-25,48H2,1-2H3,(H2,49,64)(H,52,63)(H,55,68)(H,56,62)(H,57,70)(H,58,69)(H,59,65)(H,60,67)(H,61,66)(H4,50,51,53)/t27-,33-,34-,35-,36+,37-,38-/m0/s1. The average molecular weight is 973 g/mol. The van der Waals surface area contributed by atoms with E-state index in [1.165, 1.54) is 13.8 Å². The number of benzene rings is 2. The van der Waals surface area contributed by atoms with Gasteiger partial charge in [0.2, 0.25) is 53.2 Å². The van der Waals surface area contributed by atoms with Gasteiger partial charge in [-0.15, -0.1) is 0 Å². The van der Waals surface area contributed by atoms with Crippen molar-refractivity contribution in [2.45, 2.75) is 127 Å². The Bertz CT molecular complexity index is 2320. The fourth-order valence-electron chi connectivity index (χ4n) is 7.79. The zero-order valence-electron chi connectivity index (χ0n) is 39.6. The Hall–Kier alpha value is -7.56. The van der Waals surface area contributed by atoms with Crippen LogP contribution < -0.4 is 65.5 Å². The maximum absolute atomic E-state index is 14.4. The quantitative estimate of drug-likeness (QED) is 0.0411. The van der Waals surface area contributed by atoms with E-state index in [0.29, 0.717) is 30.5 Å². The molecule has 1 aromatic heterocycles. The highest BCUT2D eigenvalue weighted by atomic mass is 16.2. The number of hydrogen-bond acceptors (Lipinski definition) is 11. The Morgan fingerprint density at radius 2 is 1.41 bits per heavy atom. The lowest BCUT2D eigenvalue weighted by Gasteiger charge is -2.27. The van der Waals surface area contributed by atoms with E-state index in [4.69, 9.17) is 22.9 Å². The van der Waals surface area contributed by atoms with Gasteiger partial charge in [-0.2, -0.15) is 0 Å². The van der Waals surface area contributed by atoms with Gasteiger partial charge in [0.25, 0.3) is 0 Å². The molecule has 70 heavy (non-hydrogen) atoms. The Morgan fingerprint density at radius 3 is 2.11 bits per heavy atom. The molecule has 1 aliphatic rings. The molecule has 2 heterocycles. The van der Waals surface area contributed by atoms with E-state index in [1.54, 1.807) is 36.5 Å². The van der Waals surface area contributed by atoms with Crippen LogP contribution >= 0.6 is 0 Å². The summed E-state index contributed by atoms with van der Waals surface area (Å²) in [5.74, 6) is -7.00. The number of aromatic nitrogens is 1. The van der Waals surface area contributed by atoms with Crippen LogP contribution in [0.2, 0.25) is 0 Å². The highest BCUT2D eigenvalue weighted by Crippen LogP contribution is 2.20. The van der Waals surface area contributed by atoms with E-state index in [9.17, 15) is 43.2 Å². The van der Waals surface area contributed by atoms with E-state index in [0.717, 1.165) is 10.9 Å². The Kier molecular flexibility index (Phi) is 22.1. The molecule has 2 aromatic carbocycles. The van der Waals surface area contributed by atoms with Crippen LogP contribution in [0.5, 0.6) is 0 Å². The van der Waals surface area contributed by atoms with Gasteiger partial charge in [0.1, 0.15) is 42.3 Å². The van der Waals surface area contributed by atoms with Gasteiger partial charge in [-0.25, -0.2) is 0 Å². The minimum Gasteiger partial charge on any atom is -0.370 e. The first kappa shape index (κ1) is 55.0. The second-order valence-electron chi connectivity index (χ2n) is 17.2. The lowest BCUT2D eigenvalue weighted by Crippen LogP contribution is -2.60. The normalized spacial score (nSPS) is 21.9. The van der Waals surface area contributed by atoms with Crippen molar-refractivity contribution in [3.8, 4) is 0 Å². The van der Waals surface area contributed by atoms with Crippen molar-refractivity contribution in [2.24, 2.45) is 27.9 Å². The zero-order chi connectivity index (χ0) is 51.2. The van der Waals surface area contributed by atoms with Crippen molar-refractivity contribution in [3.63, 3.8) is 0 Å². The number of unbranched alkanes of at least 4 members (excludes halogenated alkanes) is 1. The van der Waals surface area contributed by atoms with Crippen molar-refractivity contribution < 1.29 is 43.2 Å². The summed E-state index contributed by atoms with van der Waals surface area (Å²) in [4.78, 5) is 130. The molecule has 1 aliphatic heterocycles. The first-order valence-corrected chi connectivity index (χ1v) is 23.4. The lowest BCUT2D eigenvalue weighted by atomic mass is 10.0. The molecule has 1 fully saturated rings. The number of rotatable bonds is 16. The number of aliphatic imine (C=N–C) groups is 1. The molecule has 0 unspecified atom stereocenters. The Balaban J connectivity index is 1.69. The summed E-state index contributed by atoms with van der Waals surface area (Å²) in [7, 11) is 0. The predicted octanol–water partition coefficient (Wildman–Crippen LogP) is -2.26. The third-order valence-corrected chi connectivity index (χ3v) is 11.5. The van der Waals surface area contributed by atoms with Gasteiger partial charge in [0.05, 0.1) is 6.42 Å². The van der Waals surface area contributed by atoms with Crippen LogP contribution in [0.3, 0.4) is 0 Å². The second-order valence-corrected chi connectivity index (χ2v) is 17.2. The minimum absolute atomic E-state index is 0.0202. The molecule has 23 nitrogen and oxygen atoms in total. The highest BCUT2D eigenvalue weighted by molar-refractivity contribution is 5.99. The molecule has 17 N–H and O–H groups in total. The van der Waals surface area contributed by atoms with E-state index < -0.39 is 102 Å². The van der Waals surface area contributed by atoms with Crippen LogP contribution in [0.1, 0.15) is 82.8 Å². The predicted molar refractivity (Wildman–Crippen MR) is 260 cm³/mol. The van der Waals surface area contributed by atoms with E-state index in [2.05, 4.69) is 52.5 Å². The maximum atomic E-state index is 14.4. The molecule has 1 saturated heterocycles. The number of hydrogen-bond donors (Lipinski definition) is 13. The molecule has 0 bridgehead atoms. The molecule has 9 amide bonds. The summed E-state index contributed by atoms with van der Waals surface area (Å²) in [6, 6.07) is 7.02. The number of carbonyl (C=O) groups is 9. The third kappa shape index (κ3) is 18.2. The smallest absolute Gasteiger partial charge is 0.243 e. The van der Waals surface area contributed by atoms with Crippen LogP contribution in [-0.2, 0) is 56.0 Å². The Morgan fingerprint density at radius 1 is 0.757 bits per heavy atom. The van der Waals surface area contributed by atoms with Gasteiger partial charge < -0.3 is 70.5 Å². The summed E-state index contributed by atoms with van der Waals surface area (Å²) in [5, 5.41) is 22.0. The van der Waals surface area contributed by atoms with Crippen molar-refractivity contribution in [3.05, 3.63) is 71.9 Å². The highest BCUT2D eigenvalue weighted by Gasteiger charge is 2.34. The molecule has 23 heteroatoms. The molecule has 4 rings (SSSR count). The monoisotopic (exact) mass is 973 g/mol. The number of H-pyrrole nitrogens is 1. The summed E-state index contributed by atoms with van der Waals surface area (Å²) >= 11 is 0. The number of nitrogens with two attached hydrogens (primary N) is 4. The van der Waals surface area contributed by atoms with Gasteiger partial charge in [0, 0.05) is 50.0 Å². The largest absolute Gasteiger partial charge is 0.370 e. The number of guanidine groups is 1. The van der Waals surface area contributed by atoms with Gasteiger partial charge in [-0.3, -0.25) is 48.1 Å². The molecule has 0 spiro atoms. The van der Waals surface area contributed by atoms with Gasteiger partial charge in [-0.05, 0) is 82.0 Å². The SMILES string of the molecule is CC(=O)N[C@@H](CCCN=C(N)N)C(=O)N[C@H]1CC(=O)NCCCC[C@@H](C(N)=O)NC(=O)[C@H](Cc2c[nH]c3ccccc23)NC(=O)[C@H](CCCCN)NC(=O)[C@@H](Cc2ccccc2)NC(=O)[C@H](C)NC1=O. The molecule has 0 radical (unpaired) electrons. The lowest BCUT2D eigenvalue weighted by molar-refractivity contribution is -0.136. The van der Waals surface area contributed by atoms with E-state index >= 15 is 0 Å². The van der Waals surface area contributed by atoms with Gasteiger partial charge in [0.15, 0.2) is 5.96 Å². The van der Waals surface area contributed by atoms with Crippen LogP contribution in [-0.4, -0.2) is 126 Å². The minimum atomic E-state index is -1.57. The van der Waals surface area contributed by atoms with Crippen molar-refractivity contribution in [1.82, 2.24) is 47.5 Å². The summed E-state index contributed by atoms with van der Waals surface area (Å²) in [6.07, 6.45) is 2.96. The average Bonchev–Trinajstić information content (AvgIpc) is 3.72. The first-order chi connectivity index (χ1) is 33.4. The fourth-order valence-corrected chi connectivity index (χ4v) is 7.79. The first-order valence-electron chi connectivity index (χ1n) is 23.4. The molecular formula is C47H68N14O9. The summed E-state index contributed by atoms with van der Waals surface area (Å²) in [5.41, 5.74) is 24.5.